The highest BCUT2D eigenvalue weighted by molar-refractivity contribution is 7.91. The van der Waals surface area contributed by atoms with Gasteiger partial charge in [0.05, 0.1) is 10.4 Å². The molecule has 128 valence electrons. The Labute approximate surface area is 147 Å². The zero-order valence-corrected chi connectivity index (χ0v) is 15.0. The summed E-state index contributed by atoms with van der Waals surface area (Å²) >= 11 is 0. The molecule has 1 aromatic heterocycles. The fourth-order valence-electron chi connectivity index (χ4n) is 2.95. The molecule has 0 bridgehead atoms. The van der Waals surface area contributed by atoms with Crippen LogP contribution in [0.15, 0.2) is 64.5 Å². The number of sulfone groups is 1. The van der Waals surface area contributed by atoms with Crippen molar-refractivity contribution in [2.45, 2.75) is 16.3 Å². The number of fused-ring (bicyclic) bond motifs is 1. The Balaban J connectivity index is 2.33. The summed E-state index contributed by atoms with van der Waals surface area (Å²) in [5.74, 6) is 0. The smallest absolute Gasteiger partial charge is 0.223 e. The Morgan fingerprint density at radius 3 is 2.32 bits per heavy atom. The van der Waals surface area contributed by atoms with E-state index in [4.69, 9.17) is 0 Å². The summed E-state index contributed by atoms with van der Waals surface area (Å²) in [6, 6.07) is 15.6. The monoisotopic (exact) mass is 353 g/mol. The molecule has 0 aliphatic heterocycles. The van der Waals surface area contributed by atoms with Crippen molar-refractivity contribution in [3.8, 4) is 6.19 Å². The van der Waals surface area contributed by atoms with Gasteiger partial charge in [-0.2, -0.15) is 5.26 Å². The van der Waals surface area contributed by atoms with Crippen LogP contribution in [0, 0.1) is 11.5 Å². The first kappa shape index (κ1) is 17.2. The van der Waals surface area contributed by atoms with Gasteiger partial charge in [-0.3, -0.25) is 0 Å². The summed E-state index contributed by atoms with van der Waals surface area (Å²) in [5, 5.41) is 10.5. The minimum atomic E-state index is -3.80. The molecule has 0 saturated heterocycles. The van der Waals surface area contributed by atoms with E-state index < -0.39 is 9.84 Å². The number of benzene rings is 2. The Hall–Kier alpha value is -2.62. The number of hydrogen-bond donors (Lipinski definition) is 0. The zero-order chi connectivity index (χ0) is 18.0. The van der Waals surface area contributed by atoms with E-state index in [2.05, 4.69) is 0 Å². The molecule has 0 aliphatic rings. The largest absolute Gasteiger partial charge is 0.309 e. The molecule has 0 aliphatic carbocycles. The molecule has 25 heavy (non-hydrogen) atoms. The average molecular weight is 353 g/mol. The molecule has 0 spiro atoms. The lowest BCUT2D eigenvalue weighted by atomic mass is 10.1. The van der Waals surface area contributed by atoms with Crippen molar-refractivity contribution in [1.82, 2.24) is 9.47 Å². The van der Waals surface area contributed by atoms with Gasteiger partial charge in [-0.15, -0.1) is 0 Å². The van der Waals surface area contributed by atoms with Crippen LogP contribution in [-0.2, 0) is 16.3 Å². The van der Waals surface area contributed by atoms with Crippen LogP contribution in [0.1, 0.15) is 5.56 Å². The maximum atomic E-state index is 13.3. The van der Waals surface area contributed by atoms with Crippen molar-refractivity contribution in [2.75, 3.05) is 20.6 Å². The maximum Gasteiger partial charge on any atom is 0.223 e. The van der Waals surface area contributed by atoms with E-state index >= 15 is 0 Å². The molecule has 6 heteroatoms. The summed E-state index contributed by atoms with van der Waals surface area (Å²) in [7, 11) is 0.0785. The molecule has 0 unspecified atom stereocenters. The topological polar surface area (TPSA) is 66.1 Å². The van der Waals surface area contributed by atoms with Crippen molar-refractivity contribution in [2.24, 2.45) is 0 Å². The third kappa shape index (κ3) is 3.04. The van der Waals surface area contributed by atoms with Crippen LogP contribution < -0.4 is 0 Å². The summed E-state index contributed by atoms with van der Waals surface area (Å²) in [4.78, 5) is 2.19. The molecule has 3 rings (SSSR count). The zero-order valence-electron chi connectivity index (χ0n) is 14.2. The quantitative estimate of drug-likeness (QED) is 0.707. The Morgan fingerprint density at radius 1 is 1.04 bits per heavy atom. The third-order valence-corrected chi connectivity index (χ3v) is 5.98. The van der Waals surface area contributed by atoms with Crippen LogP contribution in [-0.4, -0.2) is 38.5 Å². The highest BCUT2D eigenvalue weighted by Gasteiger charge is 2.29. The van der Waals surface area contributed by atoms with Gasteiger partial charge < -0.3 is 4.90 Å². The summed E-state index contributed by atoms with van der Waals surface area (Å²) < 4.78 is 27.8. The molecule has 0 fully saturated rings. The van der Waals surface area contributed by atoms with E-state index in [9.17, 15) is 13.7 Å². The van der Waals surface area contributed by atoms with E-state index in [1.54, 1.807) is 36.4 Å². The van der Waals surface area contributed by atoms with Crippen molar-refractivity contribution in [1.29, 1.82) is 5.26 Å². The second kappa shape index (κ2) is 6.71. The Bertz CT molecular complexity index is 1050. The fourth-order valence-corrected chi connectivity index (χ4v) is 4.61. The Morgan fingerprint density at radius 2 is 1.68 bits per heavy atom. The number of likely N-dealkylation sites (N-methyl/N-ethyl adjacent to an activating group) is 1. The standard InChI is InChI=1S/C19H19N3O2S/c1-21(2)13-12-17-16-10-6-7-11-18(16)22(14-20)19(17)25(23,24)15-8-4-3-5-9-15/h3-11H,12-13H2,1-2H3. The first-order valence-electron chi connectivity index (χ1n) is 7.94. The van der Waals surface area contributed by atoms with Crippen LogP contribution >= 0.6 is 0 Å². The molecule has 0 amide bonds. The van der Waals surface area contributed by atoms with Gasteiger partial charge in [0.25, 0.3) is 0 Å². The van der Waals surface area contributed by atoms with Crippen molar-refractivity contribution in [3.05, 3.63) is 60.2 Å². The van der Waals surface area contributed by atoms with Gasteiger partial charge in [0.2, 0.25) is 9.84 Å². The molecule has 0 radical (unpaired) electrons. The number of nitriles is 1. The molecular weight excluding hydrogens is 334 g/mol. The van der Waals surface area contributed by atoms with E-state index in [1.807, 2.05) is 43.4 Å². The van der Waals surface area contributed by atoms with E-state index in [0.717, 1.165) is 5.39 Å². The van der Waals surface area contributed by atoms with Crippen LogP contribution in [0.25, 0.3) is 10.9 Å². The summed E-state index contributed by atoms with van der Waals surface area (Å²) in [6.45, 7) is 0.691. The van der Waals surface area contributed by atoms with Crippen LogP contribution in [0.5, 0.6) is 0 Å². The third-order valence-electron chi connectivity index (χ3n) is 4.15. The predicted octanol–water partition coefficient (Wildman–Crippen LogP) is 2.91. The molecule has 0 N–H and O–H groups in total. The maximum absolute atomic E-state index is 13.3. The van der Waals surface area contributed by atoms with Crippen molar-refractivity contribution < 1.29 is 8.42 Å². The fraction of sp³-hybridized carbons (Fsp3) is 0.211. The van der Waals surface area contributed by atoms with Gasteiger partial charge in [0.1, 0.15) is 0 Å². The van der Waals surface area contributed by atoms with E-state index in [1.165, 1.54) is 4.57 Å². The normalized spacial score (nSPS) is 11.8. The second-order valence-corrected chi connectivity index (χ2v) is 7.97. The number of nitrogens with zero attached hydrogens (tertiary/aromatic N) is 3. The van der Waals surface area contributed by atoms with Gasteiger partial charge in [0.15, 0.2) is 11.2 Å². The predicted molar refractivity (Wildman–Crippen MR) is 97.1 cm³/mol. The lowest BCUT2D eigenvalue weighted by molar-refractivity contribution is 0.412. The van der Waals surface area contributed by atoms with Crippen molar-refractivity contribution in [3.63, 3.8) is 0 Å². The summed E-state index contributed by atoms with van der Waals surface area (Å²) in [5.41, 5.74) is 1.31. The number of hydrogen-bond acceptors (Lipinski definition) is 4. The summed E-state index contributed by atoms with van der Waals surface area (Å²) in [6.07, 6.45) is 2.59. The molecule has 2 aromatic carbocycles. The van der Waals surface area contributed by atoms with Crippen molar-refractivity contribution >= 4 is 20.7 Å². The SMILES string of the molecule is CN(C)CCc1c(S(=O)(=O)c2ccccc2)n(C#N)c2ccccc12. The molecule has 3 aromatic rings. The minimum Gasteiger partial charge on any atom is -0.309 e. The number of aromatic nitrogens is 1. The molecule has 0 atom stereocenters. The average Bonchev–Trinajstić information content (AvgIpc) is 2.95. The lowest BCUT2D eigenvalue weighted by Gasteiger charge is -2.11. The highest BCUT2D eigenvalue weighted by atomic mass is 32.2. The van der Waals surface area contributed by atoms with Gasteiger partial charge >= 0.3 is 0 Å². The van der Waals surface area contributed by atoms with Gasteiger partial charge in [-0.1, -0.05) is 36.4 Å². The lowest BCUT2D eigenvalue weighted by Crippen LogP contribution is -2.17. The first-order chi connectivity index (χ1) is 12.0. The molecular formula is C19H19N3O2S. The molecule has 5 nitrogen and oxygen atoms in total. The van der Waals surface area contributed by atoms with Gasteiger partial charge in [-0.05, 0) is 44.3 Å². The van der Waals surface area contributed by atoms with E-state index in [0.29, 0.717) is 24.0 Å². The van der Waals surface area contributed by atoms with Crippen LogP contribution in [0.4, 0.5) is 0 Å². The number of rotatable bonds is 5. The van der Waals surface area contributed by atoms with Crippen LogP contribution in [0.3, 0.4) is 0 Å². The number of para-hydroxylation sites is 1. The van der Waals surface area contributed by atoms with E-state index in [-0.39, 0.29) is 9.92 Å². The minimum absolute atomic E-state index is 0.0734. The highest BCUT2D eigenvalue weighted by Crippen LogP contribution is 2.33. The van der Waals surface area contributed by atoms with Crippen LogP contribution in [0.2, 0.25) is 0 Å². The Kier molecular flexibility index (Phi) is 4.62. The second-order valence-electron chi connectivity index (χ2n) is 6.11. The molecule has 0 saturated carbocycles. The van der Waals surface area contributed by atoms with Gasteiger partial charge in [-0.25, -0.2) is 13.0 Å². The van der Waals surface area contributed by atoms with Gasteiger partial charge in [0, 0.05) is 11.9 Å². The first-order valence-corrected chi connectivity index (χ1v) is 9.42. The molecule has 1 heterocycles.